The number of fused-ring (bicyclic) bond motifs is 2. The standard InChI is InChI=1S/C17H24N2O2.ClH/c20-17(7-4-12-21-16-5-2-1-3-6-16)19-11-10-14-8-9-15(13-19)18-14;/h1-3,5-6,14-15,18H,4,7-13H2;1H. The quantitative estimate of drug-likeness (QED) is 0.847. The van der Waals surface area contributed by atoms with E-state index >= 15 is 0 Å². The van der Waals surface area contributed by atoms with Crippen LogP contribution < -0.4 is 10.1 Å². The van der Waals surface area contributed by atoms with Crippen LogP contribution in [0.15, 0.2) is 30.3 Å². The summed E-state index contributed by atoms with van der Waals surface area (Å²) in [5, 5.41) is 3.61. The molecule has 2 aliphatic heterocycles. The third kappa shape index (κ3) is 4.62. The van der Waals surface area contributed by atoms with E-state index in [1.54, 1.807) is 0 Å². The van der Waals surface area contributed by atoms with Gasteiger partial charge in [0.25, 0.3) is 0 Å². The zero-order chi connectivity index (χ0) is 14.5. The fourth-order valence-electron chi connectivity index (χ4n) is 3.26. The molecule has 2 unspecified atom stereocenters. The van der Waals surface area contributed by atoms with Gasteiger partial charge in [-0.2, -0.15) is 0 Å². The summed E-state index contributed by atoms with van der Waals surface area (Å²) >= 11 is 0. The number of para-hydroxylation sites is 1. The first-order chi connectivity index (χ1) is 10.3. The summed E-state index contributed by atoms with van der Waals surface area (Å²) in [5.41, 5.74) is 0. The number of likely N-dealkylation sites (tertiary alicyclic amines) is 1. The smallest absolute Gasteiger partial charge is 0.222 e. The lowest BCUT2D eigenvalue weighted by atomic mass is 10.1. The van der Waals surface area contributed by atoms with Crippen molar-refractivity contribution in [3.63, 3.8) is 0 Å². The van der Waals surface area contributed by atoms with Gasteiger partial charge in [0.1, 0.15) is 5.75 Å². The number of hydrogen-bond donors (Lipinski definition) is 1. The Balaban J connectivity index is 0.00000176. The first-order valence-electron chi connectivity index (χ1n) is 8.03. The average Bonchev–Trinajstić information content (AvgIpc) is 2.84. The van der Waals surface area contributed by atoms with Crippen LogP contribution in [-0.4, -0.2) is 42.6 Å². The Kier molecular flexibility index (Phi) is 6.52. The lowest BCUT2D eigenvalue weighted by Gasteiger charge is -2.24. The molecule has 2 heterocycles. The molecule has 1 aromatic carbocycles. The molecule has 22 heavy (non-hydrogen) atoms. The van der Waals surface area contributed by atoms with Gasteiger partial charge in [0, 0.05) is 31.6 Å². The Morgan fingerprint density at radius 3 is 2.77 bits per heavy atom. The van der Waals surface area contributed by atoms with Crippen molar-refractivity contribution in [2.24, 2.45) is 0 Å². The molecule has 0 aromatic heterocycles. The van der Waals surface area contributed by atoms with Gasteiger partial charge < -0.3 is 15.0 Å². The molecule has 0 aliphatic carbocycles. The second-order valence-electron chi connectivity index (χ2n) is 6.03. The molecule has 0 radical (unpaired) electrons. The molecule has 2 atom stereocenters. The lowest BCUT2D eigenvalue weighted by molar-refractivity contribution is -0.131. The van der Waals surface area contributed by atoms with Crippen molar-refractivity contribution in [2.75, 3.05) is 19.7 Å². The number of hydrogen-bond acceptors (Lipinski definition) is 3. The Labute approximate surface area is 138 Å². The Morgan fingerprint density at radius 2 is 1.95 bits per heavy atom. The number of carbonyl (C=O) groups excluding carboxylic acids is 1. The van der Waals surface area contributed by atoms with E-state index in [-0.39, 0.29) is 18.3 Å². The van der Waals surface area contributed by atoms with Gasteiger partial charge in [0.05, 0.1) is 6.61 Å². The van der Waals surface area contributed by atoms with Crippen LogP contribution in [0.3, 0.4) is 0 Å². The van der Waals surface area contributed by atoms with Crippen LogP contribution in [0.25, 0.3) is 0 Å². The van der Waals surface area contributed by atoms with E-state index in [0.29, 0.717) is 25.1 Å². The number of nitrogens with zero attached hydrogens (tertiary/aromatic N) is 1. The van der Waals surface area contributed by atoms with Gasteiger partial charge in [-0.1, -0.05) is 18.2 Å². The molecule has 3 rings (SSSR count). The molecule has 5 heteroatoms. The minimum atomic E-state index is 0. The van der Waals surface area contributed by atoms with E-state index in [9.17, 15) is 4.79 Å². The summed E-state index contributed by atoms with van der Waals surface area (Å²) in [6.07, 6.45) is 4.96. The molecule has 2 fully saturated rings. The molecule has 0 spiro atoms. The molecular weight excluding hydrogens is 300 g/mol. The highest BCUT2D eigenvalue weighted by Crippen LogP contribution is 2.21. The summed E-state index contributed by atoms with van der Waals surface area (Å²) in [4.78, 5) is 14.3. The zero-order valence-electron chi connectivity index (χ0n) is 12.9. The van der Waals surface area contributed by atoms with Gasteiger partial charge in [-0.3, -0.25) is 4.79 Å². The summed E-state index contributed by atoms with van der Waals surface area (Å²) in [6.45, 7) is 2.40. The van der Waals surface area contributed by atoms with Crippen LogP contribution in [0, 0.1) is 0 Å². The van der Waals surface area contributed by atoms with Crippen LogP contribution in [-0.2, 0) is 4.79 Å². The fraction of sp³-hybridized carbons (Fsp3) is 0.588. The minimum absolute atomic E-state index is 0. The second kappa shape index (κ2) is 8.39. The summed E-state index contributed by atoms with van der Waals surface area (Å²) in [7, 11) is 0. The highest BCUT2D eigenvalue weighted by molar-refractivity contribution is 5.85. The summed E-state index contributed by atoms with van der Waals surface area (Å²) < 4.78 is 5.63. The number of ether oxygens (including phenoxy) is 1. The van der Waals surface area contributed by atoms with Gasteiger partial charge in [0.2, 0.25) is 5.91 Å². The predicted octanol–water partition coefficient (Wildman–Crippen LogP) is 2.62. The van der Waals surface area contributed by atoms with Crippen molar-refractivity contribution in [1.82, 2.24) is 10.2 Å². The number of rotatable bonds is 5. The normalized spacial score (nSPS) is 23.5. The molecule has 0 saturated carbocycles. The highest BCUT2D eigenvalue weighted by atomic mass is 35.5. The fourth-order valence-corrected chi connectivity index (χ4v) is 3.26. The first-order valence-corrected chi connectivity index (χ1v) is 8.03. The Bertz CT molecular complexity index is 469. The van der Waals surface area contributed by atoms with E-state index in [0.717, 1.165) is 31.7 Å². The third-order valence-corrected chi connectivity index (χ3v) is 4.42. The Hall–Kier alpha value is -1.26. The Morgan fingerprint density at radius 1 is 1.18 bits per heavy atom. The van der Waals surface area contributed by atoms with Crippen LogP contribution in [0.4, 0.5) is 0 Å². The number of carbonyl (C=O) groups is 1. The highest BCUT2D eigenvalue weighted by Gasteiger charge is 2.30. The van der Waals surface area contributed by atoms with Gasteiger partial charge in [-0.05, 0) is 37.8 Å². The molecule has 1 amide bonds. The minimum Gasteiger partial charge on any atom is -0.494 e. The van der Waals surface area contributed by atoms with Crippen molar-refractivity contribution in [3.05, 3.63) is 30.3 Å². The number of amides is 1. The topological polar surface area (TPSA) is 41.6 Å². The van der Waals surface area contributed by atoms with Crippen molar-refractivity contribution >= 4 is 18.3 Å². The zero-order valence-corrected chi connectivity index (χ0v) is 13.7. The van der Waals surface area contributed by atoms with E-state index in [4.69, 9.17) is 4.74 Å². The molecule has 1 N–H and O–H groups in total. The average molecular weight is 325 g/mol. The maximum atomic E-state index is 12.3. The molecule has 2 bridgehead atoms. The van der Waals surface area contributed by atoms with Crippen LogP contribution in [0.2, 0.25) is 0 Å². The monoisotopic (exact) mass is 324 g/mol. The maximum Gasteiger partial charge on any atom is 0.222 e. The van der Waals surface area contributed by atoms with Crippen LogP contribution in [0.1, 0.15) is 32.1 Å². The molecular formula is C17H25ClN2O2. The van der Waals surface area contributed by atoms with Crippen LogP contribution in [0.5, 0.6) is 5.75 Å². The molecule has 2 saturated heterocycles. The van der Waals surface area contributed by atoms with Gasteiger partial charge >= 0.3 is 0 Å². The predicted molar refractivity (Wildman–Crippen MR) is 89.6 cm³/mol. The summed E-state index contributed by atoms with van der Waals surface area (Å²) in [6, 6.07) is 10.9. The molecule has 2 aliphatic rings. The maximum absolute atomic E-state index is 12.3. The van der Waals surface area contributed by atoms with Gasteiger partial charge in [-0.25, -0.2) is 0 Å². The number of halogens is 1. The van der Waals surface area contributed by atoms with Gasteiger partial charge in [-0.15, -0.1) is 12.4 Å². The van der Waals surface area contributed by atoms with Crippen molar-refractivity contribution in [2.45, 2.75) is 44.2 Å². The molecule has 122 valence electrons. The lowest BCUT2D eigenvalue weighted by Crippen LogP contribution is -2.39. The van der Waals surface area contributed by atoms with E-state index in [1.165, 1.54) is 12.8 Å². The van der Waals surface area contributed by atoms with Crippen LogP contribution >= 0.6 is 12.4 Å². The van der Waals surface area contributed by atoms with Crippen molar-refractivity contribution in [1.29, 1.82) is 0 Å². The van der Waals surface area contributed by atoms with E-state index < -0.39 is 0 Å². The second-order valence-corrected chi connectivity index (χ2v) is 6.03. The summed E-state index contributed by atoms with van der Waals surface area (Å²) in [5.74, 6) is 1.15. The number of benzene rings is 1. The number of nitrogens with one attached hydrogen (secondary N) is 1. The molecule has 1 aromatic rings. The van der Waals surface area contributed by atoms with Crippen molar-refractivity contribution in [3.8, 4) is 5.75 Å². The largest absolute Gasteiger partial charge is 0.494 e. The van der Waals surface area contributed by atoms with Gasteiger partial charge in [0.15, 0.2) is 0 Å². The third-order valence-electron chi connectivity index (χ3n) is 4.42. The SMILES string of the molecule is Cl.O=C(CCCOc1ccccc1)N1CCC2CCC(C1)N2. The molecule has 4 nitrogen and oxygen atoms in total. The first kappa shape index (κ1) is 17.1. The van der Waals surface area contributed by atoms with E-state index in [2.05, 4.69) is 5.32 Å². The van der Waals surface area contributed by atoms with E-state index in [1.807, 2.05) is 35.2 Å². The van der Waals surface area contributed by atoms with Crippen molar-refractivity contribution < 1.29 is 9.53 Å².